The minimum atomic E-state index is -1.01. The van der Waals surface area contributed by atoms with Crippen molar-refractivity contribution in [2.45, 2.75) is 44.6 Å². The Morgan fingerprint density at radius 2 is 2.18 bits per heavy atom. The number of cyclic esters (lactones) is 1. The van der Waals surface area contributed by atoms with Crippen molar-refractivity contribution in [3.05, 3.63) is 0 Å². The lowest BCUT2D eigenvalue weighted by molar-refractivity contribution is -0.152. The molecule has 1 aliphatic carbocycles. The zero-order valence-corrected chi connectivity index (χ0v) is 10.1. The smallest absolute Gasteiger partial charge is 0.410 e. The summed E-state index contributed by atoms with van der Waals surface area (Å²) in [5.74, 6) is -0.285. The number of hydrogen-bond acceptors (Lipinski definition) is 3. The zero-order valence-electron chi connectivity index (χ0n) is 10.1. The molecule has 5 nitrogen and oxygen atoms in total. The van der Waals surface area contributed by atoms with Crippen LogP contribution < -0.4 is 0 Å². The highest BCUT2D eigenvalue weighted by molar-refractivity contribution is 5.85. The maximum absolute atomic E-state index is 11.6. The van der Waals surface area contributed by atoms with Gasteiger partial charge in [-0.2, -0.15) is 0 Å². The topological polar surface area (TPSA) is 66.8 Å². The number of carboxylic acid groups (broad SMARTS) is 1. The second-order valence-corrected chi connectivity index (χ2v) is 4.95. The molecule has 1 amide bonds. The van der Waals surface area contributed by atoms with E-state index in [1.807, 2.05) is 0 Å². The summed E-state index contributed by atoms with van der Waals surface area (Å²) in [5.41, 5.74) is -1.01. The fourth-order valence-electron chi connectivity index (χ4n) is 2.94. The van der Waals surface area contributed by atoms with Crippen molar-refractivity contribution in [3.63, 3.8) is 0 Å². The van der Waals surface area contributed by atoms with E-state index in [0.717, 1.165) is 19.3 Å². The van der Waals surface area contributed by atoms with Crippen molar-refractivity contribution in [2.24, 2.45) is 5.92 Å². The number of carbonyl (C=O) groups is 2. The summed E-state index contributed by atoms with van der Waals surface area (Å²) in [6.07, 6.45) is 3.48. The third-order valence-corrected chi connectivity index (χ3v) is 4.19. The van der Waals surface area contributed by atoms with Crippen molar-refractivity contribution in [3.8, 4) is 0 Å². The SMILES string of the molecule is CCC1CCC(C(=O)O)(N2CCOC2=O)CC1. The third-order valence-electron chi connectivity index (χ3n) is 4.19. The lowest BCUT2D eigenvalue weighted by Crippen LogP contribution is -2.56. The van der Waals surface area contributed by atoms with Crippen LogP contribution in [0.1, 0.15) is 39.0 Å². The van der Waals surface area contributed by atoms with E-state index in [1.165, 1.54) is 4.90 Å². The van der Waals surface area contributed by atoms with Gasteiger partial charge in [-0.15, -0.1) is 0 Å². The molecule has 17 heavy (non-hydrogen) atoms. The van der Waals surface area contributed by atoms with E-state index in [0.29, 0.717) is 31.9 Å². The van der Waals surface area contributed by atoms with Crippen molar-refractivity contribution in [1.29, 1.82) is 0 Å². The normalized spacial score (nSPS) is 33.6. The molecule has 2 fully saturated rings. The highest BCUT2D eigenvalue weighted by Gasteiger charge is 2.50. The molecule has 1 saturated heterocycles. The fourth-order valence-corrected chi connectivity index (χ4v) is 2.94. The molecule has 1 heterocycles. The van der Waals surface area contributed by atoms with Gasteiger partial charge in [-0.25, -0.2) is 9.59 Å². The van der Waals surface area contributed by atoms with E-state index < -0.39 is 17.6 Å². The van der Waals surface area contributed by atoms with Crippen molar-refractivity contribution >= 4 is 12.1 Å². The van der Waals surface area contributed by atoms with Crippen LogP contribution in [0.25, 0.3) is 0 Å². The number of carbonyl (C=O) groups excluding carboxylic acids is 1. The molecular weight excluding hydrogens is 222 g/mol. The molecule has 1 aliphatic heterocycles. The largest absolute Gasteiger partial charge is 0.479 e. The predicted octanol–water partition coefficient (Wildman–Crippen LogP) is 1.86. The molecular formula is C12H19NO4. The molecule has 5 heteroatoms. The number of hydrogen-bond donors (Lipinski definition) is 1. The lowest BCUT2D eigenvalue weighted by Gasteiger charge is -2.41. The van der Waals surface area contributed by atoms with Crippen molar-refractivity contribution in [2.75, 3.05) is 13.2 Å². The molecule has 96 valence electrons. The summed E-state index contributed by atoms with van der Waals surface area (Å²) in [5, 5.41) is 9.48. The second kappa shape index (κ2) is 4.55. The lowest BCUT2D eigenvalue weighted by atomic mass is 9.74. The maximum Gasteiger partial charge on any atom is 0.410 e. The Hall–Kier alpha value is -1.26. The van der Waals surface area contributed by atoms with E-state index >= 15 is 0 Å². The average Bonchev–Trinajstić information content (AvgIpc) is 2.76. The van der Waals surface area contributed by atoms with Crippen LogP contribution in [-0.4, -0.2) is 40.8 Å². The van der Waals surface area contributed by atoms with E-state index in [9.17, 15) is 14.7 Å². The van der Waals surface area contributed by atoms with E-state index in [2.05, 4.69) is 6.92 Å². The molecule has 1 N–H and O–H groups in total. The zero-order chi connectivity index (χ0) is 12.5. The van der Waals surface area contributed by atoms with E-state index in [4.69, 9.17) is 4.74 Å². The molecule has 2 rings (SSSR count). The van der Waals surface area contributed by atoms with Crippen LogP contribution in [0.4, 0.5) is 4.79 Å². The van der Waals surface area contributed by atoms with Crippen LogP contribution in [0.3, 0.4) is 0 Å². The minimum Gasteiger partial charge on any atom is -0.479 e. The van der Waals surface area contributed by atoms with Crippen LogP contribution in [0.5, 0.6) is 0 Å². The highest BCUT2D eigenvalue weighted by atomic mass is 16.6. The molecule has 0 bridgehead atoms. The van der Waals surface area contributed by atoms with Crippen molar-refractivity contribution in [1.82, 2.24) is 4.90 Å². The minimum absolute atomic E-state index is 0.311. The summed E-state index contributed by atoms with van der Waals surface area (Å²) >= 11 is 0. The molecule has 0 aromatic carbocycles. The molecule has 0 spiro atoms. The average molecular weight is 241 g/mol. The molecule has 0 atom stereocenters. The van der Waals surface area contributed by atoms with Crippen LogP contribution >= 0.6 is 0 Å². The second-order valence-electron chi connectivity index (χ2n) is 4.95. The van der Waals surface area contributed by atoms with E-state index in [1.54, 1.807) is 0 Å². The van der Waals surface area contributed by atoms with Crippen LogP contribution in [0, 0.1) is 5.92 Å². The van der Waals surface area contributed by atoms with Gasteiger partial charge in [0, 0.05) is 0 Å². The van der Waals surface area contributed by atoms with Crippen LogP contribution in [0.2, 0.25) is 0 Å². The van der Waals surface area contributed by atoms with Gasteiger partial charge in [0.1, 0.15) is 12.1 Å². The van der Waals surface area contributed by atoms with Gasteiger partial charge in [-0.05, 0) is 31.6 Å². The van der Waals surface area contributed by atoms with Gasteiger partial charge in [0.05, 0.1) is 6.54 Å². The quantitative estimate of drug-likeness (QED) is 0.819. The Kier molecular flexibility index (Phi) is 3.26. The number of ether oxygens (including phenoxy) is 1. The molecule has 1 saturated carbocycles. The van der Waals surface area contributed by atoms with Gasteiger partial charge in [0.15, 0.2) is 0 Å². The molecule has 2 aliphatic rings. The Morgan fingerprint density at radius 1 is 1.53 bits per heavy atom. The summed E-state index contributed by atoms with van der Waals surface area (Å²) in [6.45, 7) is 2.84. The predicted molar refractivity (Wildman–Crippen MR) is 60.7 cm³/mol. The molecule has 0 unspecified atom stereocenters. The molecule has 0 aromatic heterocycles. The monoisotopic (exact) mass is 241 g/mol. The van der Waals surface area contributed by atoms with Gasteiger partial charge >= 0.3 is 12.1 Å². The number of nitrogens with zero attached hydrogens (tertiary/aromatic N) is 1. The van der Waals surface area contributed by atoms with Crippen LogP contribution in [-0.2, 0) is 9.53 Å². The van der Waals surface area contributed by atoms with Crippen molar-refractivity contribution < 1.29 is 19.4 Å². The third kappa shape index (κ3) is 1.98. The van der Waals surface area contributed by atoms with Gasteiger partial charge < -0.3 is 9.84 Å². The van der Waals surface area contributed by atoms with Gasteiger partial charge in [-0.1, -0.05) is 13.3 Å². The summed E-state index contributed by atoms with van der Waals surface area (Å²) in [7, 11) is 0. The number of rotatable bonds is 3. The number of carboxylic acids is 1. The first-order chi connectivity index (χ1) is 8.10. The number of amides is 1. The first kappa shape index (κ1) is 12.2. The Labute approximate surface area is 101 Å². The van der Waals surface area contributed by atoms with Gasteiger partial charge in [-0.3, -0.25) is 4.90 Å². The molecule has 0 radical (unpaired) electrons. The first-order valence-corrected chi connectivity index (χ1v) is 6.28. The first-order valence-electron chi connectivity index (χ1n) is 6.28. The van der Waals surface area contributed by atoms with E-state index in [-0.39, 0.29) is 0 Å². The summed E-state index contributed by atoms with van der Waals surface area (Å²) in [4.78, 5) is 24.5. The Morgan fingerprint density at radius 3 is 2.59 bits per heavy atom. The highest BCUT2D eigenvalue weighted by Crippen LogP contribution is 2.39. The molecule has 0 aromatic rings. The standard InChI is InChI=1S/C12H19NO4/c1-2-9-3-5-12(6-4-9,10(14)15)13-7-8-17-11(13)16/h9H,2-8H2,1H3,(H,14,15). The summed E-state index contributed by atoms with van der Waals surface area (Å²) in [6, 6.07) is 0. The Bertz CT molecular complexity index is 320. The fraction of sp³-hybridized carbons (Fsp3) is 0.833. The van der Waals surface area contributed by atoms with Gasteiger partial charge in [0.2, 0.25) is 0 Å². The summed E-state index contributed by atoms with van der Waals surface area (Å²) < 4.78 is 4.87. The maximum atomic E-state index is 11.6. The van der Waals surface area contributed by atoms with Gasteiger partial charge in [0.25, 0.3) is 0 Å². The number of aliphatic carboxylic acids is 1. The van der Waals surface area contributed by atoms with Crippen LogP contribution in [0.15, 0.2) is 0 Å². The Balaban J connectivity index is 2.17.